The van der Waals surface area contributed by atoms with Crippen molar-refractivity contribution in [1.29, 1.82) is 0 Å². The molecular formula is C11H24N2O2. The van der Waals surface area contributed by atoms with Gasteiger partial charge in [0.15, 0.2) is 0 Å². The number of piperidine rings is 1. The minimum atomic E-state index is -0.418. The molecule has 0 aromatic rings. The lowest BCUT2D eigenvalue weighted by Gasteiger charge is -2.32. The molecule has 0 spiro atoms. The lowest BCUT2D eigenvalue weighted by Crippen LogP contribution is -2.47. The van der Waals surface area contributed by atoms with E-state index in [0.717, 1.165) is 19.4 Å². The highest BCUT2D eigenvalue weighted by molar-refractivity contribution is 5.68. The van der Waals surface area contributed by atoms with Gasteiger partial charge in [-0.1, -0.05) is 7.43 Å². The second-order valence-corrected chi connectivity index (χ2v) is 4.83. The predicted molar refractivity (Wildman–Crippen MR) is 61.7 cm³/mol. The van der Waals surface area contributed by atoms with Crippen molar-refractivity contribution in [1.82, 2.24) is 4.90 Å². The normalized spacial score (nSPS) is 21.9. The molecule has 0 aromatic carbocycles. The number of nitrogens with zero attached hydrogens (tertiary/aromatic N) is 1. The third-order valence-corrected chi connectivity index (χ3v) is 2.11. The van der Waals surface area contributed by atoms with Crippen molar-refractivity contribution in [3.63, 3.8) is 0 Å². The Morgan fingerprint density at radius 3 is 2.53 bits per heavy atom. The maximum absolute atomic E-state index is 11.6. The standard InChI is InChI=1S/C10H20N2O2.CH4/c1-10(2,3)14-9(13)12-6-4-5-8(11)7-12;/h8H,4-7,11H2,1-3H3;1H4. The van der Waals surface area contributed by atoms with Gasteiger partial charge in [0.1, 0.15) is 5.60 Å². The second kappa shape index (κ2) is 5.35. The minimum absolute atomic E-state index is 0. The van der Waals surface area contributed by atoms with Gasteiger partial charge in [-0.05, 0) is 33.6 Å². The summed E-state index contributed by atoms with van der Waals surface area (Å²) in [7, 11) is 0. The summed E-state index contributed by atoms with van der Waals surface area (Å²) in [6.45, 7) is 7.00. The lowest BCUT2D eigenvalue weighted by atomic mass is 10.1. The summed E-state index contributed by atoms with van der Waals surface area (Å²) in [5, 5.41) is 0. The fourth-order valence-electron chi connectivity index (χ4n) is 1.50. The Hall–Kier alpha value is -0.770. The Morgan fingerprint density at radius 1 is 1.47 bits per heavy atom. The van der Waals surface area contributed by atoms with Crippen molar-refractivity contribution >= 4 is 6.09 Å². The van der Waals surface area contributed by atoms with Crippen LogP contribution in [0.1, 0.15) is 41.0 Å². The van der Waals surface area contributed by atoms with Crippen LogP contribution in [0.25, 0.3) is 0 Å². The average molecular weight is 216 g/mol. The quantitative estimate of drug-likeness (QED) is 0.673. The Labute approximate surface area is 92.8 Å². The zero-order chi connectivity index (χ0) is 10.8. The van der Waals surface area contributed by atoms with Gasteiger partial charge < -0.3 is 15.4 Å². The molecule has 0 aromatic heterocycles. The molecule has 1 saturated heterocycles. The molecule has 1 amide bonds. The maximum atomic E-state index is 11.6. The Morgan fingerprint density at radius 2 is 2.07 bits per heavy atom. The van der Waals surface area contributed by atoms with Crippen LogP contribution in [0.4, 0.5) is 4.79 Å². The van der Waals surface area contributed by atoms with Crippen molar-refractivity contribution < 1.29 is 9.53 Å². The average Bonchev–Trinajstić information content (AvgIpc) is 2.01. The highest BCUT2D eigenvalue weighted by atomic mass is 16.6. The fourth-order valence-corrected chi connectivity index (χ4v) is 1.50. The molecular weight excluding hydrogens is 192 g/mol. The van der Waals surface area contributed by atoms with Gasteiger partial charge in [-0.15, -0.1) is 0 Å². The van der Waals surface area contributed by atoms with Crippen molar-refractivity contribution in [2.75, 3.05) is 13.1 Å². The molecule has 15 heavy (non-hydrogen) atoms. The van der Waals surface area contributed by atoms with E-state index in [2.05, 4.69) is 0 Å². The number of rotatable bonds is 0. The molecule has 1 fully saturated rings. The number of carbonyl (C=O) groups excluding carboxylic acids is 1. The Balaban J connectivity index is 0.00000196. The molecule has 0 bridgehead atoms. The molecule has 1 atom stereocenters. The van der Waals surface area contributed by atoms with E-state index in [1.165, 1.54) is 0 Å². The zero-order valence-corrected chi connectivity index (χ0v) is 9.25. The first-order valence-electron chi connectivity index (χ1n) is 5.12. The van der Waals surface area contributed by atoms with Gasteiger partial charge in [0.2, 0.25) is 0 Å². The summed E-state index contributed by atoms with van der Waals surface area (Å²) in [4.78, 5) is 13.3. The first-order valence-corrected chi connectivity index (χ1v) is 5.12. The van der Waals surface area contributed by atoms with Crippen LogP contribution in [-0.2, 0) is 4.74 Å². The van der Waals surface area contributed by atoms with E-state index < -0.39 is 5.60 Å². The molecule has 1 aliphatic heterocycles. The molecule has 1 heterocycles. The summed E-state index contributed by atoms with van der Waals surface area (Å²) in [6.07, 6.45) is 1.73. The number of nitrogens with two attached hydrogens (primary N) is 1. The third-order valence-electron chi connectivity index (χ3n) is 2.11. The molecule has 4 nitrogen and oxygen atoms in total. The van der Waals surface area contributed by atoms with E-state index in [9.17, 15) is 4.79 Å². The summed E-state index contributed by atoms with van der Waals surface area (Å²) in [5.74, 6) is 0. The summed E-state index contributed by atoms with van der Waals surface area (Å²) in [5.41, 5.74) is 5.36. The van der Waals surface area contributed by atoms with Gasteiger partial charge >= 0.3 is 6.09 Å². The van der Waals surface area contributed by atoms with Crippen LogP contribution in [-0.4, -0.2) is 35.7 Å². The first-order chi connectivity index (χ1) is 6.38. The maximum Gasteiger partial charge on any atom is 0.410 e. The fraction of sp³-hybridized carbons (Fsp3) is 0.909. The van der Waals surface area contributed by atoms with Crippen LogP contribution in [0.15, 0.2) is 0 Å². The molecule has 0 saturated carbocycles. The Bertz CT molecular complexity index is 211. The van der Waals surface area contributed by atoms with Gasteiger partial charge in [-0.3, -0.25) is 0 Å². The van der Waals surface area contributed by atoms with Crippen molar-refractivity contribution in [2.24, 2.45) is 5.73 Å². The van der Waals surface area contributed by atoms with Crippen molar-refractivity contribution in [3.05, 3.63) is 0 Å². The molecule has 1 aliphatic rings. The minimum Gasteiger partial charge on any atom is -0.444 e. The van der Waals surface area contributed by atoms with Crippen molar-refractivity contribution in [2.45, 2.75) is 52.7 Å². The van der Waals surface area contributed by atoms with Crippen LogP contribution in [0, 0.1) is 0 Å². The monoisotopic (exact) mass is 216 g/mol. The number of likely N-dealkylation sites (tertiary alicyclic amines) is 1. The predicted octanol–water partition coefficient (Wildman–Crippen LogP) is 1.98. The van der Waals surface area contributed by atoms with E-state index in [1.54, 1.807) is 4.90 Å². The third kappa shape index (κ3) is 5.02. The molecule has 0 radical (unpaired) electrons. The topological polar surface area (TPSA) is 55.6 Å². The van der Waals surface area contributed by atoms with Gasteiger partial charge in [0.05, 0.1) is 0 Å². The second-order valence-electron chi connectivity index (χ2n) is 4.83. The Kier molecular flexibility index (Phi) is 5.08. The number of ether oxygens (including phenoxy) is 1. The number of amides is 1. The number of hydrogen-bond donors (Lipinski definition) is 1. The molecule has 4 heteroatoms. The smallest absolute Gasteiger partial charge is 0.410 e. The van der Waals surface area contributed by atoms with Gasteiger partial charge in [0, 0.05) is 19.1 Å². The van der Waals surface area contributed by atoms with Crippen molar-refractivity contribution in [3.8, 4) is 0 Å². The van der Waals surface area contributed by atoms with E-state index in [-0.39, 0.29) is 19.6 Å². The number of carbonyl (C=O) groups is 1. The van der Waals surface area contributed by atoms with E-state index in [0.29, 0.717) is 6.54 Å². The van der Waals surface area contributed by atoms with Crippen LogP contribution in [0.5, 0.6) is 0 Å². The molecule has 90 valence electrons. The largest absolute Gasteiger partial charge is 0.444 e. The van der Waals surface area contributed by atoms with Crippen LogP contribution < -0.4 is 5.73 Å². The van der Waals surface area contributed by atoms with E-state index >= 15 is 0 Å². The SMILES string of the molecule is C.CC(C)(C)OC(=O)N1CCCC(N)C1. The van der Waals surface area contributed by atoms with Crippen LogP contribution in [0.3, 0.4) is 0 Å². The van der Waals surface area contributed by atoms with Crippen LogP contribution >= 0.6 is 0 Å². The van der Waals surface area contributed by atoms with Gasteiger partial charge in [-0.2, -0.15) is 0 Å². The highest BCUT2D eigenvalue weighted by Gasteiger charge is 2.25. The molecule has 0 aliphatic carbocycles. The van der Waals surface area contributed by atoms with E-state index in [1.807, 2.05) is 20.8 Å². The summed E-state index contributed by atoms with van der Waals surface area (Å²) >= 11 is 0. The van der Waals surface area contributed by atoms with Gasteiger partial charge in [-0.25, -0.2) is 4.79 Å². The molecule has 2 N–H and O–H groups in total. The van der Waals surface area contributed by atoms with Gasteiger partial charge in [0.25, 0.3) is 0 Å². The lowest BCUT2D eigenvalue weighted by molar-refractivity contribution is 0.0200. The highest BCUT2D eigenvalue weighted by Crippen LogP contribution is 2.14. The van der Waals surface area contributed by atoms with E-state index in [4.69, 9.17) is 10.5 Å². The zero-order valence-electron chi connectivity index (χ0n) is 9.25. The first kappa shape index (κ1) is 14.2. The number of hydrogen-bond acceptors (Lipinski definition) is 3. The van der Waals surface area contributed by atoms with Crippen LogP contribution in [0.2, 0.25) is 0 Å². The molecule has 1 unspecified atom stereocenters. The summed E-state index contributed by atoms with van der Waals surface area (Å²) in [6, 6.07) is 0.108. The summed E-state index contributed by atoms with van der Waals surface area (Å²) < 4.78 is 5.26. The molecule has 1 rings (SSSR count).